The Balaban J connectivity index is 1.34. The highest BCUT2D eigenvalue weighted by atomic mass is 19.1. The predicted octanol–water partition coefficient (Wildman–Crippen LogP) is 5.50. The Kier molecular flexibility index (Phi) is 9.11. The normalized spacial score (nSPS) is 20.8. The zero-order valence-electron chi connectivity index (χ0n) is 23.4. The Morgan fingerprint density at radius 1 is 1.07 bits per heavy atom. The summed E-state index contributed by atoms with van der Waals surface area (Å²) in [5.41, 5.74) is -0.444. The Bertz CT molecular complexity index is 1480. The molecule has 0 radical (unpaired) electrons. The minimum atomic E-state index is -1.20. The highest BCUT2D eigenvalue weighted by Gasteiger charge is 2.34. The Morgan fingerprint density at radius 2 is 1.79 bits per heavy atom. The van der Waals surface area contributed by atoms with Crippen LogP contribution in [0.5, 0.6) is 5.75 Å². The molecule has 5 rings (SSSR count). The first kappa shape index (κ1) is 30.2. The van der Waals surface area contributed by atoms with Crippen molar-refractivity contribution >= 4 is 17.7 Å². The van der Waals surface area contributed by atoms with Crippen molar-refractivity contribution in [2.75, 3.05) is 18.5 Å². The van der Waals surface area contributed by atoms with E-state index in [9.17, 15) is 19.1 Å². The molecule has 43 heavy (non-hydrogen) atoms. The van der Waals surface area contributed by atoms with Crippen molar-refractivity contribution in [3.63, 3.8) is 0 Å². The van der Waals surface area contributed by atoms with Gasteiger partial charge in [0.2, 0.25) is 0 Å². The summed E-state index contributed by atoms with van der Waals surface area (Å²) in [5.74, 6) is 1.74. The number of anilines is 1. The second-order valence-corrected chi connectivity index (χ2v) is 10.9. The third kappa shape index (κ3) is 6.73. The molecule has 1 unspecified atom stereocenters. The molecule has 3 atom stereocenters. The highest BCUT2D eigenvalue weighted by Crippen LogP contribution is 2.40. The number of nitrogens with two attached hydrogens (primary N) is 1. The van der Waals surface area contributed by atoms with Crippen LogP contribution < -0.4 is 15.9 Å². The molecule has 10 nitrogen and oxygen atoms in total. The van der Waals surface area contributed by atoms with E-state index in [0.717, 1.165) is 34.8 Å². The van der Waals surface area contributed by atoms with Gasteiger partial charge in [-0.1, -0.05) is 6.92 Å². The van der Waals surface area contributed by atoms with Crippen molar-refractivity contribution in [3.8, 4) is 17.0 Å². The molecule has 13 heteroatoms. The van der Waals surface area contributed by atoms with E-state index in [1.54, 1.807) is 12.3 Å². The van der Waals surface area contributed by atoms with Gasteiger partial charge in [-0.25, -0.2) is 33.8 Å². The highest BCUT2D eigenvalue weighted by molar-refractivity contribution is 6.03. The molecule has 3 heterocycles. The average Bonchev–Trinajstić information content (AvgIpc) is 2.98. The molecular weight excluding hydrogens is 567 g/mol. The van der Waals surface area contributed by atoms with Crippen LogP contribution in [0, 0.1) is 23.4 Å². The summed E-state index contributed by atoms with van der Waals surface area (Å²) in [4.78, 5) is 32.7. The number of hydrazine groups is 1. The molecule has 1 saturated carbocycles. The lowest BCUT2D eigenvalue weighted by molar-refractivity contribution is 0.0253. The van der Waals surface area contributed by atoms with Gasteiger partial charge in [-0.3, -0.25) is 9.78 Å². The number of carbonyl (C=O) groups is 2. The number of carbonyl (C=O) groups excluding carboxylic acids is 1. The molecule has 1 aliphatic heterocycles. The van der Waals surface area contributed by atoms with Crippen molar-refractivity contribution in [1.82, 2.24) is 15.0 Å². The molecule has 228 valence electrons. The van der Waals surface area contributed by atoms with Gasteiger partial charge in [-0.15, -0.1) is 0 Å². The molecule has 0 spiro atoms. The Hall–Kier alpha value is -4.23. The van der Waals surface area contributed by atoms with Gasteiger partial charge in [0, 0.05) is 31.2 Å². The number of hydrogen-bond acceptors (Lipinski definition) is 7. The van der Waals surface area contributed by atoms with Crippen LogP contribution >= 0.6 is 0 Å². The van der Waals surface area contributed by atoms with E-state index in [1.165, 1.54) is 6.20 Å². The number of carboxylic acid groups (broad SMARTS) is 1. The van der Waals surface area contributed by atoms with Crippen molar-refractivity contribution in [2.45, 2.75) is 57.1 Å². The van der Waals surface area contributed by atoms with Gasteiger partial charge in [-0.05, 0) is 54.9 Å². The fraction of sp³-hybridized carbons (Fsp3) is 0.400. The van der Waals surface area contributed by atoms with Crippen LogP contribution in [0.15, 0.2) is 42.7 Å². The third-order valence-electron chi connectivity index (χ3n) is 8.05. The zero-order valence-corrected chi connectivity index (χ0v) is 23.4. The van der Waals surface area contributed by atoms with Gasteiger partial charge in [0.25, 0.3) is 5.91 Å². The van der Waals surface area contributed by atoms with Crippen LogP contribution in [0.4, 0.5) is 23.7 Å². The number of halogens is 3. The van der Waals surface area contributed by atoms with Crippen LogP contribution in [0.2, 0.25) is 0 Å². The Labute approximate surface area is 246 Å². The summed E-state index contributed by atoms with van der Waals surface area (Å²) in [6.45, 7) is 2.89. The van der Waals surface area contributed by atoms with Crippen molar-refractivity contribution < 1.29 is 37.3 Å². The molecule has 2 aromatic heterocycles. The van der Waals surface area contributed by atoms with E-state index in [0.29, 0.717) is 51.0 Å². The zero-order chi connectivity index (χ0) is 30.7. The maximum atomic E-state index is 15.1. The summed E-state index contributed by atoms with van der Waals surface area (Å²) in [6.07, 6.45) is 4.53. The number of rotatable bonds is 7. The second kappa shape index (κ2) is 13.0. The molecule has 2 amide bonds. The van der Waals surface area contributed by atoms with Crippen LogP contribution in [0.25, 0.3) is 11.3 Å². The second-order valence-electron chi connectivity index (χ2n) is 10.9. The monoisotopic (exact) mass is 599 g/mol. The fourth-order valence-electron chi connectivity index (χ4n) is 5.84. The third-order valence-corrected chi connectivity index (χ3v) is 8.05. The SMILES string of the molecule is C[C@H]1C[C@H](c2ccncc2NC(=O)c2ccc(F)c(-c3c(F)cc(OC4CCOCC4)cc3F)n2)CCC1N(N)C(=O)O. The van der Waals surface area contributed by atoms with Gasteiger partial charge < -0.3 is 19.9 Å². The van der Waals surface area contributed by atoms with Crippen molar-refractivity contribution in [3.05, 3.63) is 71.4 Å². The van der Waals surface area contributed by atoms with Gasteiger partial charge in [0.05, 0.1) is 36.7 Å². The fourth-order valence-corrected chi connectivity index (χ4v) is 5.84. The molecule has 0 bridgehead atoms. The summed E-state index contributed by atoms with van der Waals surface area (Å²) < 4.78 is 56.0. The van der Waals surface area contributed by atoms with Crippen LogP contribution in [0.3, 0.4) is 0 Å². The standard InChI is InChI=1S/C30H32F3N5O5/c1-16-12-17(2-5-26(16)38(34)30(40)41)20-6-9-35-15-25(20)37-29(39)24-4-3-21(31)28(36-24)27-22(32)13-19(14-23(27)33)43-18-7-10-42-11-8-18/h3-4,6,9,13-18,26H,2,5,7-8,10-12,34H2,1H3,(H,37,39)(H,40,41)/t16-,17+,26?/m0/s1. The number of benzene rings is 1. The Morgan fingerprint density at radius 3 is 2.47 bits per heavy atom. The van der Waals surface area contributed by atoms with Crippen LogP contribution in [-0.4, -0.2) is 57.4 Å². The van der Waals surface area contributed by atoms with E-state index in [1.807, 2.05) is 6.92 Å². The van der Waals surface area contributed by atoms with Gasteiger partial charge in [0.15, 0.2) is 0 Å². The molecule has 2 fully saturated rings. The maximum Gasteiger partial charge on any atom is 0.421 e. The predicted molar refractivity (Wildman–Crippen MR) is 150 cm³/mol. The van der Waals surface area contributed by atoms with Crippen LogP contribution in [0.1, 0.15) is 61.0 Å². The summed E-state index contributed by atoms with van der Waals surface area (Å²) in [5, 5.41) is 12.8. The minimum Gasteiger partial charge on any atom is -0.490 e. The van der Waals surface area contributed by atoms with E-state index >= 15 is 8.78 Å². The first-order chi connectivity index (χ1) is 20.6. The van der Waals surface area contributed by atoms with E-state index in [4.69, 9.17) is 15.3 Å². The topological polar surface area (TPSA) is 140 Å². The number of hydrogen-bond donors (Lipinski definition) is 3. The molecule has 2 aliphatic rings. The smallest absolute Gasteiger partial charge is 0.421 e. The largest absolute Gasteiger partial charge is 0.490 e. The molecule has 1 saturated heterocycles. The van der Waals surface area contributed by atoms with Crippen LogP contribution in [-0.2, 0) is 4.74 Å². The molecule has 1 aliphatic carbocycles. The number of amides is 2. The van der Waals surface area contributed by atoms with E-state index in [2.05, 4.69) is 15.3 Å². The number of pyridine rings is 2. The minimum absolute atomic E-state index is 0.0199. The lowest BCUT2D eigenvalue weighted by Crippen LogP contribution is -2.49. The lowest BCUT2D eigenvalue weighted by atomic mass is 9.75. The van der Waals surface area contributed by atoms with Crippen molar-refractivity contribution in [2.24, 2.45) is 11.8 Å². The first-order valence-electron chi connectivity index (χ1n) is 14.0. The van der Waals surface area contributed by atoms with Gasteiger partial charge in [0.1, 0.15) is 40.7 Å². The molecule has 1 aromatic carbocycles. The summed E-state index contributed by atoms with van der Waals surface area (Å²) in [6, 6.07) is 5.43. The number of aromatic nitrogens is 2. The maximum absolute atomic E-state index is 15.1. The molecular formula is C30H32F3N5O5. The molecule has 3 aromatic rings. The van der Waals surface area contributed by atoms with Gasteiger partial charge >= 0.3 is 6.09 Å². The quantitative estimate of drug-likeness (QED) is 0.184. The van der Waals surface area contributed by atoms with E-state index in [-0.39, 0.29) is 35.4 Å². The van der Waals surface area contributed by atoms with Crippen molar-refractivity contribution in [1.29, 1.82) is 0 Å². The number of ether oxygens (including phenoxy) is 2. The van der Waals surface area contributed by atoms with Gasteiger partial charge in [-0.2, -0.15) is 0 Å². The van der Waals surface area contributed by atoms with E-state index < -0.39 is 40.7 Å². The summed E-state index contributed by atoms with van der Waals surface area (Å²) >= 11 is 0. The molecule has 4 N–H and O–H groups in total. The first-order valence-corrected chi connectivity index (χ1v) is 14.0. The summed E-state index contributed by atoms with van der Waals surface area (Å²) in [7, 11) is 0. The number of nitrogens with one attached hydrogen (secondary N) is 1. The lowest BCUT2D eigenvalue weighted by Gasteiger charge is -2.38. The number of nitrogens with zero attached hydrogens (tertiary/aromatic N) is 3. The average molecular weight is 600 g/mol.